The number of esters is 4. The van der Waals surface area contributed by atoms with E-state index in [0.29, 0.717) is 0 Å². The fourth-order valence-corrected chi connectivity index (χ4v) is 3.53. The number of carbonyl (C=O) groups is 7. The highest BCUT2D eigenvalue weighted by atomic mass is 16.6. The van der Waals surface area contributed by atoms with E-state index in [0.717, 1.165) is 32.6 Å². The molecular weight excluding hydrogens is 542 g/mol. The van der Waals surface area contributed by atoms with Crippen molar-refractivity contribution < 1.29 is 52.5 Å². The molecule has 218 valence electrons. The van der Waals surface area contributed by atoms with Gasteiger partial charge in [-0.05, 0) is 30.7 Å². The van der Waals surface area contributed by atoms with Crippen molar-refractivity contribution >= 4 is 41.6 Å². The third-order valence-electron chi connectivity index (χ3n) is 4.96. The molecule has 0 saturated heterocycles. The van der Waals surface area contributed by atoms with Gasteiger partial charge >= 0.3 is 23.9 Å². The third kappa shape index (κ3) is 9.76. The first-order valence-electron chi connectivity index (χ1n) is 12.2. The quantitative estimate of drug-likeness (QED) is 0.210. The smallest absolute Gasteiger partial charge is 0.308 e. The molecule has 0 aliphatic heterocycles. The van der Waals surface area contributed by atoms with Gasteiger partial charge in [-0.15, -0.1) is 0 Å². The van der Waals surface area contributed by atoms with E-state index in [1.807, 2.05) is 0 Å². The molecule has 0 unspecified atom stereocenters. The maximum atomic E-state index is 13.4. The predicted octanol–water partition coefficient (Wildman–Crippen LogP) is 1.14. The molecule has 2 rings (SSSR count). The molecule has 2 aromatic rings. The first-order valence-corrected chi connectivity index (χ1v) is 12.2. The minimum absolute atomic E-state index is 0.0109. The number of primary amides is 1. The molecule has 0 aliphatic carbocycles. The number of nitrogens with zero attached hydrogens (tertiary/aromatic N) is 1. The van der Waals surface area contributed by atoms with E-state index in [1.165, 1.54) is 36.4 Å². The second-order valence-electron chi connectivity index (χ2n) is 8.44. The summed E-state index contributed by atoms with van der Waals surface area (Å²) in [5, 5.41) is 2.60. The Kier molecular flexibility index (Phi) is 11.5. The number of hydrogen-bond donors (Lipinski definition) is 2. The second kappa shape index (κ2) is 14.8. The highest BCUT2D eigenvalue weighted by Gasteiger charge is 2.26. The van der Waals surface area contributed by atoms with Gasteiger partial charge < -0.3 is 34.9 Å². The molecule has 0 atom stereocenters. The molecule has 3 N–H and O–H groups in total. The lowest BCUT2D eigenvalue weighted by Crippen LogP contribution is -2.40. The van der Waals surface area contributed by atoms with E-state index < -0.39 is 48.1 Å². The highest BCUT2D eigenvalue weighted by Crippen LogP contribution is 2.33. The van der Waals surface area contributed by atoms with Crippen LogP contribution in [0, 0.1) is 0 Å². The number of rotatable bonds is 12. The van der Waals surface area contributed by atoms with Crippen LogP contribution < -0.4 is 30.0 Å². The fraction of sp³-hybridized carbons (Fsp3) is 0.296. The van der Waals surface area contributed by atoms with Gasteiger partial charge in [0.1, 0.15) is 0 Å². The molecule has 0 radical (unpaired) electrons. The standard InChI is InChI=1S/C27H29N3O11/c1-15(31)38-21-10-5-8-19(24(21)40-17(3)33)26(36)29-12-7-13-30(14-23(28)35)27(37)20-9-6-11-22(39-16(2)32)25(20)41-18(4)34/h5-6,8-11H,7,12-14H2,1-4H3,(H2,28,35)(H,29,36). The average Bonchev–Trinajstić information content (AvgIpc) is 2.86. The van der Waals surface area contributed by atoms with Crippen molar-refractivity contribution in [2.45, 2.75) is 34.1 Å². The monoisotopic (exact) mass is 571 g/mol. The largest absolute Gasteiger partial charge is 0.423 e. The van der Waals surface area contributed by atoms with Crippen LogP contribution in [0.2, 0.25) is 0 Å². The Morgan fingerprint density at radius 2 is 1.17 bits per heavy atom. The Hall–Kier alpha value is -5.27. The van der Waals surface area contributed by atoms with Gasteiger partial charge in [-0.3, -0.25) is 33.6 Å². The lowest BCUT2D eigenvalue weighted by molar-refractivity contribution is -0.134. The van der Waals surface area contributed by atoms with Crippen LogP contribution in [-0.2, 0) is 24.0 Å². The average molecular weight is 572 g/mol. The zero-order valence-electron chi connectivity index (χ0n) is 22.8. The van der Waals surface area contributed by atoms with Crippen LogP contribution in [0.1, 0.15) is 54.8 Å². The number of carbonyl (C=O) groups excluding carboxylic acids is 7. The van der Waals surface area contributed by atoms with Crippen LogP contribution in [0.3, 0.4) is 0 Å². The van der Waals surface area contributed by atoms with Crippen LogP contribution in [-0.4, -0.2) is 66.1 Å². The summed E-state index contributed by atoms with van der Waals surface area (Å²) in [5.74, 6) is -6.06. The van der Waals surface area contributed by atoms with Crippen LogP contribution in [0.15, 0.2) is 36.4 Å². The van der Waals surface area contributed by atoms with Crippen molar-refractivity contribution in [3.63, 3.8) is 0 Å². The number of amides is 3. The topological polar surface area (TPSA) is 198 Å². The van der Waals surface area contributed by atoms with Gasteiger partial charge in [-0.25, -0.2) is 0 Å². The Morgan fingerprint density at radius 3 is 1.63 bits per heavy atom. The lowest BCUT2D eigenvalue weighted by atomic mass is 10.1. The predicted molar refractivity (Wildman–Crippen MR) is 140 cm³/mol. The SMILES string of the molecule is CC(=O)Oc1cccc(C(=O)NCCCN(CC(N)=O)C(=O)c2cccc(OC(C)=O)c2OC(C)=O)c1OC(C)=O. The van der Waals surface area contributed by atoms with Crippen molar-refractivity contribution in [3.05, 3.63) is 47.5 Å². The maximum absolute atomic E-state index is 13.4. The molecule has 0 fully saturated rings. The van der Waals surface area contributed by atoms with E-state index in [9.17, 15) is 33.6 Å². The molecule has 14 heteroatoms. The summed E-state index contributed by atoms with van der Waals surface area (Å²) in [4.78, 5) is 85.1. The van der Waals surface area contributed by atoms with Crippen LogP contribution in [0.25, 0.3) is 0 Å². The van der Waals surface area contributed by atoms with E-state index in [4.69, 9.17) is 24.7 Å². The van der Waals surface area contributed by atoms with Crippen molar-refractivity contribution in [2.24, 2.45) is 5.73 Å². The van der Waals surface area contributed by atoms with Crippen LogP contribution >= 0.6 is 0 Å². The van der Waals surface area contributed by atoms with Crippen LogP contribution in [0.4, 0.5) is 0 Å². The van der Waals surface area contributed by atoms with Crippen molar-refractivity contribution in [3.8, 4) is 23.0 Å². The first-order chi connectivity index (χ1) is 19.3. The van der Waals surface area contributed by atoms with E-state index in [2.05, 4.69) is 5.32 Å². The third-order valence-corrected chi connectivity index (χ3v) is 4.96. The number of hydrogen-bond acceptors (Lipinski definition) is 11. The minimum atomic E-state index is -0.833. The van der Waals surface area contributed by atoms with Gasteiger partial charge in [0.25, 0.3) is 11.8 Å². The fourth-order valence-electron chi connectivity index (χ4n) is 3.53. The Bertz CT molecular complexity index is 1370. The number of benzene rings is 2. The van der Waals surface area contributed by atoms with Crippen molar-refractivity contribution in [2.75, 3.05) is 19.6 Å². The molecule has 0 heterocycles. The summed E-state index contributed by atoms with van der Waals surface area (Å²) < 4.78 is 20.3. The Balaban J connectivity index is 2.21. The number of para-hydroxylation sites is 2. The van der Waals surface area contributed by atoms with Gasteiger partial charge in [0, 0.05) is 40.8 Å². The number of nitrogens with one attached hydrogen (secondary N) is 1. The van der Waals surface area contributed by atoms with Gasteiger partial charge in [0.2, 0.25) is 5.91 Å². The second-order valence-corrected chi connectivity index (χ2v) is 8.44. The van der Waals surface area contributed by atoms with Crippen molar-refractivity contribution in [1.82, 2.24) is 10.2 Å². The van der Waals surface area contributed by atoms with Crippen molar-refractivity contribution in [1.29, 1.82) is 0 Å². The van der Waals surface area contributed by atoms with Gasteiger partial charge in [-0.1, -0.05) is 12.1 Å². The maximum Gasteiger partial charge on any atom is 0.308 e. The molecular formula is C27H29N3O11. The molecule has 14 nitrogen and oxygen atoms in total. The first kappa shape index (κ1) is 31.9. The summed E-state index contributed by atoms with van der Waals surface area (Å²) in [6.45, 7) is 3.88. The van der Waals surface area contributed by atoms with E-state index >= 15 is 0 Å². The van der Waals surface area contributed by atoms with Gasteiger partial charge in [-0.2, -0.15) is 0 Å². The zero-order valence-corrected chi connectivity index (χ0v) is 22.8. The summed E-state index contributed by atoms with van der Waals surface area (Å²) in [6.07, 6.45) is 0.129. The summed E-state index contributed by atoms with van der Waals surface area (Å²) in [6, 6.07) is 8.17. The Morgan fingerprint density at radius 1 is 0.707 bits per heavy atom. The zero-order chi connectivity index (χ0) is 30.7. The highest BCUT2D eigenvalue weighted by molar-refractivity contribution is 6.00. The van der Waals surface area contributed by atoms with E-state index in [-0.39, 0.29) is 53.6 Å². The van der Waals surface area contributed by atoms with Gasteiger partial charge in [0.15, 0.2) is 23.0 Å². The molecule has 0 aromatic heterocycles. The van der Waals surface area contributed by atoms with Gasteiger partial charge in [0.05, 0.1) is 17.7 Å². The molecule has 0 aliphatic rings. The molecule has 0 bridgehead atoms. The lowest BCUT2D eigenvalue weighted by Gasteiger charge is -2.23. The minimum Gasteiger partial charge on any atom is -0.423 e. The molecule has 3 amide bonds. The summed E-state index contributed by atoms with van der Waals surface area (Å²) in [7, 11) is 0. The van der Waals surface area contributed by atoms with E-state index in [1.54, 1.807) is 0 Å². The molecule has 0 saturated carbocycles. The molecule has 41 heavy (non-hydrogen) atoms. The number of ether oxygens (including phenoxy) is 4. The molecule has 2 aromatic carbocycles. The summed E-state index contributed by atoms with van der Waals surface area (Å²) >= 11 is 0. The molecule has 0 spiro atoms. The number of nitrogens with two attached hydrogens (primary N) is 1. The normalized spacial score (nSPS) is 10.1. The summed E-state index contributed by atoms with van der Waals surface area (Å²) in [5.41, 5.74) is 5.07. The van der Waals surface area contributed by atoms with Crippen LogP contribution in [0.5, 0.6) is 23.0 Å². The Labute approximate surface area is 234 Å².